The third kappa shape index (κ3) is 2.52. The number of anilines is 1. The van der Waals surface area contributed by atoms with Crippen LogP contribution >= 0.6 is 11.3 Å². The average molecular weight is 224 g/mol. The Morgan fingerprint density at radius 2 is 1.80 bits per heavy atom. The standard InChI is InChI=1S/C12H20N2S/c1-10(2)13-6-8-14(9-7-13)12-5-4-11(3)15-12/h4-5,10H,6-9H2,1-3H3. The van der Waals surface area contributed by atoms with Gasteiger partial charge in [-0.3, -0.25) is 4.90 Å². The normalized spacial score (nSPS) is 18.8. The van der Waals surface area contributed by atoms with E-state index in [0.717, 1.165) is 0 Å². The van der Waals surface area contributed by atoms with Crippen LogP contribution in [0, 0.1) is 6.92 Å². The van der Waals surface area contributed by atoms with Gasteiger partial charge in [0, 0.05) is 37.1 Å². The van der Waals surface area contributed by atoms with E-state index in [2.05, 4.69) is 42.7 Å². The van der Waals surface area contributed by atoms with Crippen LogP contribution in [0.2, 0.25) is 0 Å². The summed E-state index contributed by atoms with van der Waals surface area (Å²) in [4.78, 5) is 6.48. The van der Waals surface area contributed by atoms with Crippen molar-refractivity contribution >= 4 is 16.3 Å². The Hall–Kier alpha value is -0.540. The van der Waals surface area contributed by atoms with Crippen LogP contribution in [0.1, 0.15) is 18.7 Å². The lowest BCUT2D eigenvalue weighted by Gasteiger charge is -2.37. The molecule has 84 valence electrons. The van der Waals surface area contributed by atoms with Crippen molar-refractivity contribution < 1.29 is 0 Å². The van der Waals surface area contributed by atoms with E-state index in [0.29, 0.717) is 6.04 Å². The second-order valence-electron chi connectivity index (χ2n) is 4.50. The van der Waals surface area contributed by atoms with Gasteiger partial charge in [0.25, 0.3) is 0 Å². The minimum atomic E-state index is 0.692. The van der Waals surface area contributed by atoms with Crippen LogP contribution < -0.4 is 4.90 Å². The van der Waals surface area contributed by atoms with Gasteiger partial charge in [0.2, 0.25) is 0 Å². The fourth-order valence-corrected chi connectivity index (χ4v) is 2.96. The summed E-state index contributed by atoms with van der Waals surface area (Å²) in [7, 11) is 0. The summed E-state index contributed by atoms with van der Waals surface area (Å²) in [6, 6.07) is 5.16. The van der Waals surface area contributed by atoms with Crippen LogP contribution in [-0.2, 0) is 0 Å². The molecule has 2 heterocycles. The molecule has 2 rings (SSSR count). The summed E-state index contributed by atoms with van der Waals surface area (Å²) in [6.07, 6.45) is 0. The number of thiophene rings is 1. The summed E-state index contributed by atoms with van der Waals surface area (Å²) in [5, 5.41) is 1.44. The molecule has 15 heavy (non-hydrogen) atoms. The van der Waals surface area contributed by atoms with Crippen LogP contribution in [0.5, 0.6) is 0 Å². The van der Waals surface area contributed by atoms with Crippen molar-refractivity contribution in [1.29, 1.82) is 0 Å². The smallest absolute Gasteiger partial charge is 0.0912 e. The maximum Gasteiger partial charge on any atom is 0.0912 e. The molecule has 1 fully saturated rings. The lowest BCUT2D eigenvalue weighted by molar-refractivity contribution is 0.210. The Kier molecular flexibility index (Phi) is 3.32. The molecule has 1 aliphatic heterocycles. The number of hydrogen-bond acceptors (Lipinski definition) is 3. The van der Waals surface area contributed by atoms with Crippen LogP contribution in [0.3, 0.4) is 0 Å². The molecule has 0 aliphatic carbocycles. The molecule has 0 saturated carbocycles. The van der Waals surface area contributed by atoms with Crippen molar-refractivity contribution in [3.63, 3.8) is 0 Å². The van der Waals surface area contributed by atoms with Gasteiger partial charge in [-0.2, -0.15) is 0 Å². The van der Waals surface area contributed by atoms with Crippen molar-refractivity contribution in [3.05, 3.63) is 17.0 Å². The third-order valence-corrected chi connectivity index (χ3v) is 4.14. The van der Waals surface area contributed by atoms with Crippen LogP contribution in [0.4, 0.5) is 5.00 Å². The van der Waals surface area contributed by atoms with Crippen LogP contribution in [0.15, 0.2) is 12.1 Å². The Bertz CT molecular complexity index is 311. The zero-order valence-corrected chi connectivity index (χ0v) is 10.7. The second kappa shape index (κ2) is 4.54. The summed E-state index contributed by atoms with van der Waals surface area (Å²) >= 11 is 1.91. The number of aryl methyl sites for hydroxylation is 1. The quantitative estimate of drug-likeness (QED) is 0.762. The van der Waals surface area contributed by atoms with Crippen molar-refractivity contribution in [2.24, 2.45) is 0 Å². The Morgan fingerprint density at radius 1 is 1.13 bits per heavy atom. The van der Waals surface area contributed by atoms with Gasteiger partial charge in [0.05, 0.1) is 5.00 Å². The topological polar surface area (TPSA) is 6.48 Å². The Balaban J connectivity index is 1.93. The number of piperazine rings is 1. The Morgan fingerprint density at radius 3 is 2.27 bits per heavy atom. The van der Waals surface area contributed by atoms with E-state index in [1.54, 1.807) is 0 Å². The molecule has 3 heteroatoms. The Labute approximate surface area is 96.5 Å². The third-order valence-electron chi connectivity index (χ3n) is 3.08. The van der Waals surface area contributed by atoms with E-state index in [9.17, 15) is 0 Å². The second-order valence-corrected chi connectivity index (χ2v) is 5.77. The average Bonchev–Trinajstić information content (AvgIpc) is 2.65. The molecule has 0 atom stereocenters. The SMILES string of the molecule is Cc1ccc(N2CCN(C(C)C)CC2)s1. The molecule has 0 radical (unpaired) electrons. The zero-order valence-electron chi connectivity index (χ0n) is 9.86. The largest absolute Gasteiger partial charge is 0.361 e. The highest BCUT2D eigenvalue weighted by Gasteiger charge is 2.19. The zero-order chi connectivity index (χ0) is 10.8. The van der Waals surface area contributed by atoms with Gasteiger partial charge in [0.1, 0.15) is 0 Å². The molecule has 0 spiro atoms. The van der Waals surface area contributed by atoms with E-state index in [1.165, 1.54) is 36.1 Å². The predicted octanol–water partition coefficient (Wildman–Crippen LogP) is 2.59. The molecule has 1 aliphatic rings. The molecule has 0 aromatic carbocycles. The van der Waals surface area contributed by atoms with E-state index in [1.807, 2.05) is 11.3 Å². The molecule has 0 N–H and O–H groups in total. The molecule has 1 aromatic heterocycles. The molecule has 0 amide bonds. The maximum absolute atomic E-state index is 2.55. The molecule has 0 bridgehead atoms. The number of nitrogens with zero attached hydrogens (tertiary/aromatic N) is 2. The first kappa shape index (κ1) is 11.0. The van der Waals surface area contributed by atoms with Gasteiger partial charge in [-0.15, -0.1) is 11.3 Å². The predicted molar refractivity (Wildman–Crippen MR) is 68.0 cm³/mol. The number of rotatable bonds is 2. The minimum Gasteiger partial charge on any atom is -0.361 e. The molecule has 2 nitrogen and oxygen atoms in total. The summed E-state index contributed by atoms with van der Waals surface area (Å²) in [5.41, 5.74) is 0. The van der Waals surface area contributed by atoms with Crippen molar-refractivity contribution in [2.75, 3.05) is 31.1 Å². The van der Waals surface area contributed by atoms with Crippen molar-refractivity contribution in [1.82, 2.24) is 4.90 Å². The van der Waals surface area contributed by atoms with E-state index in [4.69, 9.17) is 0 Å². The van der Waals surface area contributed by atoms with E-state index < -0.39 is 0 Å². The highest BCUT2D eigenvalue weighted by Crippen LogP contribution is 2.26. The highest BCUT2D eigenvalue weighted by atomic mass is 32.1. The van der Waals surface area contributed by atoms with E-state index in [-0.39, 0.29) is 0 Å². The molecular weight excluding hydrogens is 204 g/mol. The summed E-state index contributed by atoms with van der Waals surface area (Å²) in [6.45, 7) is 11.5. The fourth-order valence-electron chi connectivity index (χ4n) is 2.05. The first-order chi connectivity index (χ1) is 7.16. The van der Waals surface area contributed by atoms with Gasteiger partial charge >= 0.3 is 0 Å². The molecule has 1 aromatic rings. The maximum atomic E-state index is 2.55. The van der Waals surface area contributed by atoms with Crippen molar-refractivity contribution in [2.45, 2.75) is 26.8 Å². The van der Waals surface area contributed by atoms with E-state index >= 15 is 0 Å². The highest BCUT2D eigenvalue weighted by molar-refractivity contribution is 7.16. The van der Waals surface area contributed by atoms with Gasteiger partial charge in [-0.25, -0.2) is 0 Å². The summed E-state index contributed by atoms with van der Waals surface area (Å²) < 4.78 is 0. The molecule has 1 saturated heterocycles. The van der Waals surface area contributed by atoms with Crippen LogP contribution in [-0.4, -0.2) is 37.1 Å². The minimum absolute atomic E-state index is 0.692. The lowest BCUT2D eigenvalue weighted by atomic mass is 10.2. The molecule has 0 unspecified atom stereocenters. The summed E-state index contributed by atoms with van der Waals surface area (Å²) in [5.74, 6) is 0. The molecular formula is C12H20N2S. The van der Waals surface area contributed by atoms with Crippen molar-refractivity contribution in [3.8, 4) is 0 Å². The fraction of sp³-hybridized carbons (Fsp3) is 0.667. The van der Waals surface area contributed by atoms with Gasteiger partial charge in [-0.1, -0.05) is 0 Å². The lowest BCUT2D eigenvalue weighted by Crippen LogP contribution is -2.48. The number of hydrogen-bond donors (Lipinski definition) is 0. The van der Waals surface area contributed by atoms with Gasteiger partial charge in [-0.05, 0) is 32.9 Å². The van der Waals surface area contributed by atoms with Crippen LogP contribution in [0.25, 0.3) is 0 Å². The van der Waals surface area contributed by atoms with Gasteiger partial charge < -0.3 is 4.90 Å². The monoisotopic (exact) mass is 224 g/mol. The van der Waals surface area contributed by atoms with Gasteiger partial charge in [0.15, 0.2) is 0 Å². The first-order valence-electron chi connectivity index (χ1n) is 5.72. The first-order valence-corrected chi connectivity index (χ1v) is 6.54.